The quantitative estimate of drug-likeness (QED) is 0.108. The van der Waals surface area contributed by atoms with Gasteiger partial charge >= 0.3 is 6.18 Å². The monoisotopic (exact) mass is 575 g/mol. The second-order valence-corrected chi connectivity index (χ2v) is 9.53. The molecule has 0 saturated carbocycles. The zero-order chi connectivity index (χ0) is 29.9. The molecule has 12 heteroatoms. The molecule has 0 aliphatic carbocycles. The number of benzene rings is 3. The van der Waals surface area contributed by atoms with Crippen molar-refractivity contribution in [3.8, 4) is 5.75 Å². The van der Waals surface area contributed by atoms with E-state index in [9.17, 15) is 23.1 Å². The van der Waals surface area contributed by atoms with E-state index in [4.69, 9.17) is 0 Å². The van der Waals surface area contributed by atoms with E-state index in [0.717, 1.165) is 19.2 Å². The first-order valence-electron chi connectivity index (χ1n) is 13.3. The number of aromatic amines is 1. The molecule has 42 heavy (non-hydrogen) atoms. The van der Waals surface area contributed by atoms with Crippen molar-refractivity contribution in [1.29, 1.82) is 0 Å². The van der Waals surface area contributed by atoms with E-state index >= 15 is 0 Å². The topological polar surface area (TPSA) is 119 Å². The van der Waals surface area contributed by atoms with Crippen LogP contribution in [-0.4, -0.2) is 48.8 Å². The van der Waals surface area contributed by atoms with Gasteiger partial charge in [0.05, 0.1) is 11.0 Å². The van der Waals surface area contributed by atoms with Crippen LogP contribution < -0.4 is 10.6 Å². The van der Waals surface area contributed by atoms with Gasteiger partial charge in [-0.05, 0) is 49.5 Å². The van der Waals surface area contributed by atoms with Crippen molar-refractivity contribution in [1.82, 2.24) is 24.8 Å². The number of nitrogens with one attached hydrogen (secondary N) is 3. The van der Waals surface area contributed by atoms with Crippen molar-refractivity contribution in [2.45, 2.75) is 26.6 Å². The minimum atomic E-state index is -4.74. The lowest BCUT2D eigenvalue weighted by Crippen LogP contribution is -2.22. The summed E-state index contributed by atoms with van der Waals surface area (Å²) < 4.78 is 41.3. The lowest BCUT2D eigenvalue weighted by Gasteiger charge is -2.19. The molecule has 4 N–H and O–H groups in total. The van der Waals surface area contributed by atoms with Crippen molar-refractivity contribution in [2.75, 3.05) is 23.7 Å². The second kappa shape index (κ2) is 11.9. The van der Waals surface area contributed by atoms with Crippen LogP contribution in [0, 0.1) is 0 Å². The van der Waals surface area contributed by atoms with Crippen molar-refractivity contribution in [3.63, 3.8) is 0 Å². The predicted molar refractivity (Wildman–Crippen MR) is 154 cm³/mol. The number of fused-ring (bicyclic) bond motifs is 1. The summed E-state index contributed by atoms with van der Waals surface area (Å²) in [6.45, 7) is 6.03. The summed E-state index contributed by atoms with van der Waals surface area (Å²) in [5.74, 6) is -0.425. The molecule has 0 atom stereocenters. The van der Waals surface area contributed by atoms with E-state index in [2.05, 4.69) is 35.5 Å². The van der Waals surface area contributed by atoms with Gasteiger partial charge in [0.25, 0.3) is 0 Å². The number of hydrogen-bond acceptors (Lipinski definition) is 8. The number of imidazole rings is 1. The van der Waals surface area contributed by atoms with Gasteiger partial charge in [-0.3, -0.25) is 15.0 Å². The molecule has 5 aromatic rings. The Morgan fingerprint density at radius 1 is 0.905 bits per heavy atom. The molecular formula is C30H28F3N7O2. The van der Waals surface area contributed by atoms with Crippen LogP contribution in [0.5, 0.6) is 5.75 Å². The summed E-state index contributed by atoms with van der Waals surface area (Å²) in [4.78, 5) is 30.1. The van der Waals surface area contributed by atoms with Crippen LogP contribution in [0.25, 0.3) is 11.0 Å². The SMILES string of the molecule is CCN(CC)Cc1cc(Nc2cc(C(F)(F)F)nc(Nc3nc4ccc(C(=O)c5ccccc5)cc4[nH]3)n2)ccc1O. The molecule has 0 amide bonds. The smallest absolute Gasteiger partial charge is 0.433 e. The number of carbonyl (C=O) groups excluding carboxylic acids is 1. The third kappa shape index (κ3) is 6.50. The van der Waals surface area contributed by atoms with Crippen LogP contribution in [0.4, 0.5) is 36.6 Å². The minimum Gasteiger partial charge on any atom is -0.508 e. The lowest BCUT2D eigenvalue weighted by molar-refractivity contribution is -0.141. The number of nitrogens with zero attached hydrogens (tertiary/aromatic N) is 4. The van der Waals surface area contributed by atoms with Crippen molar-refractivity contribution < 1.29 is 23.1 Å². The molecular weight excluding hydrogens is 547 g/mol. The van der Waals surface area contributed by atoms with Gasteiger partial charge in [0.2, 0.25) is 11.9 Å². The Labute approximate surface area is 239 Å². The Bertz CT molecular complexity index is 1720. The van der Waals surface area contributed by atoms with Crippen LogP contribution in [0.2, 0.25) is 0 Å². The summed E-state index contributed by atoms with van der Waals surface area (Å²) in [7, 11) is 0. The summed E-state index contributed by atoms with van der Waals surface area (Å²) >= 11 is 0. The molecule has 0 bridgehead atoms. The standard InChI is InChI=1S/C30H28F3N7O2/c1-3-40(4-2)17-20-14-21(11-13-24(20)41)34-26-16-25(30(31,32)33)37-29(38-26)39-28-35-22-12-10-19(15-23(22)36-28)27(42)18-8-6-5-7-9-18/h5-16,41H,3-4,17H2,1-2H3,(H3,34,35,36,37,38,39). The van der Waals surface area contributed by atoms with Gasteiger partial charge in [-0.15, -0.1) is 0 Å². The zero-order valence-corrected chi connectivity index (χ0v) is 22.8. The van der Waals surface area contributed by atoms with E-state index in [-0.39, 0.29) is 29.2 Å². The van der Waals surface area contributed by atoms with Crippen molar-refractivity contribution in [3.05, 3.63) is 95.2 Å². The fourth-order valence-corrected chi connectivity index (χ4v) is 4.41. The van der Waals surface area contributed by atoms with E-state index < -0.39 is 11.9 Å². The number of H-pyrrole nitrogens is 1. The van der Waals surface area contributed by atoms with E-state index in [1.165, 1.54) is 6.07 Å². The number of phenolic OH excluding ortho intramolecular Hbond substituents is 1. The average molecular weight is 576 g/mol. The van der Waals surface area contributed by atoms with Crippen LogP contribution in [0.1, 0.15) is 41.0 Å². The first-order chi connectivity index (χ1) is 20.1. The molecule has 0 fully saturated rings. The second-order valence-electron chi connectivity index (χ2n) is 9.53. The third-order valence-corrected chi connectivity index (χ3v) is 6.67. The third-order valence-electron chi connectivity index (χ3n) is 6.67. The first kappa shape index (κ1) is 28.6. The van der Waals surface area contributed by atoms with Gasteiger partial charge < -0.3 is 15.4 Å². The number of rotatable bonds is 10. The van der Waals surface area contributed by atoms with Gasteiger partial charge in [-0.1, -0.05) is 44.2 Å². The number of anilines is 4. The lowest BCUT2D eigenvalue weighted by atomic mass is 10.0. The van der Waals surface area contributed by atoms with E-state index in [1.807, 2.05) is 19.9 Å². The molecule has 5 rings (SSSR count). The summed E-state index contributed by atoms with van der Waals surface area (Å²) in [6, 6.07) is 19.2. The Kier molecular flexibility index (Phi) is 8.07. The van der Waals surface area contributed by atoms with Crippen LogP contribution in [0.15, 0.2) is 72.8 Å². The molecule has 2 aromatic heterocycles. The maximum atomic E-state index is 13.8. The highest BCUT2D eigenvalue weighted by Crippen LogP contribution is 2.32. The zero-order valence-electron chi connectivity index (χ0n) is 22.8. The Morgan fingerprint density at radius 2 is 1.67 bits per heavy atom. The molecule has 2 heterocycles. The van der Waals surface area contributed by atoms with Crippen LogP contribution in [-0.2, 0) is 12.7 Å². The highest BCUT2D eigenvalue weighted by atomic mass is 19.4. The average Bonchev–Trinajstić information content (AvgIpc) is 3.38. The Balaban J connectivity index is 1.42. The normalized spacial score (nSPS) is 11.7. The Hall–Kier alpha value is -4.97. The highest BCUT2D eigenvalue weighted by Gasteiger charge is 2.34. The van der Waals surface area contributed by atoms with E-state index in [1.54, 1.807) is 54.6 Å². The van der Waals surface area contributed by atoms with Crippen LogP contribution >= 0.6 is 0 Å². The number of hydrogen-bond donors (Lipinski definition) is 4. The van der Waals surface area contributed by atoms with Gasteiger partial charge in [-0.2, -0.15) is 18.2 Å². The molecule has 9 nitrogen and oxygen atoms in total. The fraction of sp³-hybridized carbons (Fsp3) is 0.200. The summed E-state index contributed by atoms with van der Waals surface area (Å²) in [5.41, 5.74) is 1.88. The van der Waals surface area contributed by atoms with Crippen molar-refractivity contribution >= 4 is 40.2 Å². The molecule has 216 valence electrons. The van der Waals surface area contributed by atoms with Crippen LogP contribution in [0.3, 0.4) is 0 Å². The van der Waals surface area contributed by atoms with Gasteiger partial charge in [-0.25, -0.2) is 9.97 Å². The van der Waals surface area contributed by atoms with Gasteiger partial charge in [0.15, 0.2) is 11.5 Å². The molecule has 3 aromatic carbocycles. The predicted octanol–water partition coefficient (Wildman–Crippen LogP) is 6.64. The molecule has 0 saturated heterocycles. The minimum absolute atomic E-state index is 0.0898. The maximum absolute atomic E-state index is 13.8. The Morgan fingerprint density at radius 3 is 2.38 bits per heavy atom. The number of aromatic nitrogens is 4. The molecule has 0 spiro atoms. The maximum Gasteiger partial charge on any atom is 0.433 e. The number of alkyl halides is 3. The summed E-state index contributed by atoms with van der Waals surface area (Å²) in [5, 5.41) is 15.9. The highest BCUT2D eigenvalue weighted by molar-refractivity contribution is 6.10. The number of ketones is 1. The molecule has 0 unspecified atom stereocenters. The number of halogens is 3. The molecule has 0 radical (unpaired) electrons. The summed E-state index contributed by atoms with van der Waals surface area (Å²) in [6.07, 6.45) is -4.74. The van der Waals surface area contributed by atoms with Crippen molar-refractivity contribution in [2.24, 2.45) is 0 Å². The molecule has 0 aliphatic rings. The fourth-order valence-electron chi connectivity index (χ4n) is 4.41. The number of aromatic hydroxyl groups is 1. The first-order valence-corrected chi connectivity index (χ1v) is 13.3. The number of carbonyl (C=O) groups is 1. The van der Waals surface area contributed by atoms with E-state index in [0.29, 0.717) is 40.0 Å². The number of phenols is 1. The largest absolute Gasteiger partial charge is 0.508 e. The van der Waals surface area contributed by atoms with Gasteiger partial charge in [0, 0.05) is 35.0 Å². The van der Waals surface area contributed by atoms with Gasteiger partial charge in [0.1, 0.15) is 11.6 Å². The molecule has 0 aliphatic heterocycles.